The Morgan fingerprint density at radius 3 is 2.67 bits per heavy atom. The quantitative estimate of drug-likeness (QED) is 0.894. The van der Waals surface area contributed by atoms with Gasteiger partial charge in [-0.1, -0.05) is 11.2 Å². The molecule has 0 aliphatic carbocycles. The molecule has 5 heteroatoms. The molecular weight excluding hydrogens is 232 g/mol. The monoisotopic (exact) mass is 246 g/mol. The van der Waals surface area contributed by atoms with Crippen LogP contribution in [0.3, 0.4) is 0 Å². The minimum Gasteiger partial charge on any atom is -0.486 e. The fraction of sp³-hybridized carbons (Fsp3) is 0.308. The van der Waals surface area contributed by atoms with Crippen LogP contribution in [0.4, 0.5) is 5.88 Å². The Morgan fingerprint density at radius 2 is 1.89 bits per heavy atom. The van der Waals surface area contributed by atoms with Crippen molar-refractivity contribution in [3.63, 3.8) is 0 Å². The third-order valence-electron chi connectivity index (χ3n) is 2.85. The van der Waals surface area contributed by atoms with Crippen molar-refractivity contribution in [2.45, 2.75) is 12.8 Å². The van der Waals surface area contributed by atoms with E-state index in [2.05, 4.69) is 5.16 Å². The average molecular weight is 246 g/mol. The van der Waals surface area contributed by atoms with E-state index >= 15 is 0 Å². The van der Waals surface area contributed by atoms with Crippen LogP contribution in [0.5, 0.6) is 11.5 Å². The van der Waals surface area contributed by atoms with E-state index in [0.717, 1.165) is 30.0 Å². The number of benzene rings is 1. The van der Waals surface area contributed by atoms with Crippen molar-refractivity contribution in [2.75, 3.05) is 18.9 Å². The smallest absolute Gasteiger partial charge is 0.222 e. The predicted molar refractivity (Wildman–Crippen MR) is 65.8 cm³/mol. The van der Waals surface area contributed by atoms with E-state index < -0.39 is 0 Å². The predicted octanol–water partition coefficient (Wildman–Crippen LogP) is 1.81. The first kappa shape index (κ1) is 11.0. The van der Waals surface area contributed by atoms with Crippen LogP contribution in [-0.2, 0) is 12.8 Å². The first-order valence-electron chi connectivity index (χ1n) is 5.91. The molecule has 5 nitrogen and oxygen atoms in total. The number of aryl methyl sites for hydroxylation is 2. The Kier molecular flexibility index (Phi) is 2.80. The molecule has 3 rings (SSSR count). The molecule has 1 aromatic heterocycles. The molecule has 0 fully saturated rings. The maximum atomic E-state index is 5.54. The number of hydrogen-bond donors (Lipinski definition) is 1. The van der Waals surface area contributed by atoms with Gasteiger partial charge in [0.2, 0.25) is 5.88 Å². The summed E-state index contributed by atoms with van der Waals surface area (Å²) in [6.07, 6.45) is 1.66. The van der Waals surface area contributed by atoms with Gasteiger partial charge in [0.15, 0.2) is 11.5 Å². The van der Waals surface area contributed by atoms with Crippen molar-refractivity contribution in [2.24, 2.45) is 0 Å². The highest BCUT2D eigenvalue weighted by Gasteiger charge is 2.11. The summed E-state index contributed by atoms with van der Waals surface area (Å²) in [5, 5.41) is 3.86. The minimum absolute atomic E-state index is 0.354. The second-order valence-corrected chi connectivity index (χ2v) is 4.20. The molecule has 0 radical (unpaired) electrons. The SMILES string of the molecule is Nc1cc(CCc2ccc3c(c2)OCCO3)no1. The Balaban J connectivity index is 1.69. The molecule has 2 heterocycles. The second kappa shape index (κ2) is 4.60. The zero-order valence-electron chi connectivity index (χ0n) is 9.89. The highest BCUT2D eigenvalue weighted by Crippen LogP contribution is 2.31. The summed E-state index contributed by atoms with van der Waals surface area (Å²) in [5.74, 6) is 1.99. The number of nitrogen functional groups attached to an aromatic ring is 1. The summed E-state index contributed by atoms with van der Waals surface area (Å²) in [5.41, 5.74) is 7.52. The molecule has 0 amide bonds. The summed E-state index contributed by atoms with van der Waals surface area (Å²) >= 11 is 0. The van der Waals surface area contributed by atoms with Crippen molar-refractivity contribution in [1.29, 1.82) is 0 Å². The normalized spacial score (nSPS) is 13.6. The van der Waals surface area contributed by atoms with Crippen LogP contribution in [0.25, 0.3) is 0 Å². The molecule has 0 unspecified atom stereocenters. The summed E-state index contributed by atoms with van der Waals surface area (Å²) in [7, 11) is 0. The highest BCUT2D eigenvalue weighted by molar-refractivity contribution is 5.44. The van der Waals surface area contributed by atoms with Gasteiger partial charge in [0, 0.05) is 6.07 Å². The van der Waals surface area contributed by atoms with E-state index in [1.54, 1.807) is 6.07 Å². The van der Waals surface area contributed by atoms with Crippen LogP contribution in [0, 0.1) is 0 Å². The number of aromatic nitrogens is 1. The maximum absolute atomic E-state index is 5.54. The molecular formula is C13H14N2O3. The van der Waals surface area contributed by atoms with Crippen molar-refractivity contribution in [3.8, 4) is 11.5 Å². The van der Waals surface area contributed by atoms with E-state index in [4.69, 9.17) is 19.7 Å². The number of nitrogens with zero attached hydrogens (tertiary/aromatic N) is 1. The molecule has 18 heavy (non-hydrogen) atoms. The van der Waals surface area contributed by atoms with Gasteiger partial charge in [0.25, 0.3) is 0 Å². The van der Waals surface area contributed by atoms with Gasteiger partial charge in [0.1, 0.15) is 13.2 Å². The zero-order valence-corrected chi connectivity index (χ0v) is 9.89. The number of fused-ring (bicyclic) bond motifs is 1. The van der Waals surface area contributed by atoms with Gasteiger partial charge in [-0.2, -0.15) is 0 Å². The van der Waals surface area contributed by atoms with Gasteiger partial charge >= 0.3 is 0 Å². The molecule has 1 aliphatic rings. The molecule has 0 spiro atoms. The molecule has 0 atom stereocenters. The number of hydrogen-bond acceptors (Lipinski definition) is 5. The second-order valence-electron chi connectivity index (χ2n) is 4.20. The van der Waals surface area contributed by atoms with Crippen LogP contribution in [0.2, 0.25) is 0 Å². The van der Waals surface area contributed by atoms with E-state index in [1.807, 2.05) is 18.2 Å². The third-order valence-corrected chi connectivity index (χ3v) is 2.85. The average Bonchev–Trinajstić information content (AvgIpc) is 2.82. The van der Waals surface area contributed by atoms with Crippen LogP contribution >= 0.6 is 0 Å². The van der Waals surface area contributed by atoms with Crippen LogP contribution < -0.4 is 15.2 Å². The Labute approximate surface area is 104 Å². The van der Waals surface area contributed by atoms with Crippen LogP contribution in [0.1, 0.15) is 11.3 Å². The molecule has 1 aromatic carbocycles. The van der Waals surface area contributed by atoms with Crippen molar-refractivity contribution in [1.82, 2.24) is 5.16 Å². The largest absolute Gasteiger partial charge is 0.486 e. The molecule has 0 saturated heterocycles. The Hall–Kier alpha value is -2.17. The lowest BCUT2D eigenvalue weighted by Gasteiger charge is -2.18. The number of ether oxygens (including phenoxy) is 2. The van der Waals surface area contributed by atoms with Crippen LogP contribution in [0.15, 0.2) is 28.8 Å². The van der Waals surface area contributed by atoms with Crippen molar-refractivity contribution in [3.05, 3.63) is 35.5 Å². The summed E-state index contributed by atoms with van der Waals surface area (Å²) in [6, 6.07) is 7.74. The van der Waals surface area contributed by atoms with E-state index in [0.29, 0.717) is 19.1 Å². The fourth-order valence-corrected chi connectivity index (χ4v) is 1.96. The number of rotatable bonds is 3. The zero-order chi connectivity index (χ0) is 12.4. The topological polar surface area (TPSA) is 70.5 Å². The first-order valence-corrected chi connectivity index (χ1v) is 5.91. The van der Waals surface area contributed by atoms with Gasteiger partial charge in [0.05, 0.1) is 5.69 Å². The van der Waals surface area contributed by atoms with Crippen molar-refractivity contribution >= 4 is 5.88 Å². The first-order chi connectivity index (χ1) is 8.81. The highest BCUT2D eigenvalue weighted by atomic mass is 16.6. The van der Waals surface area contributed by atoms with E-state index in [1.165, 1.54) is 5.56 Å². The van der Waals surface area contributed by atoms with Crippen molar-refractivity contribution < 1.29 is 14.0 Å². The van der Waals surface area contributed by atoms with Gasteiger partial charge in [-0.05, 0) is 30.5 Å². The molecule has 94 valence electrons. The van der Waals surface area contributed by atoms with Gasteiger partial charge < -0.3 is 19.7 Å². The lowest BCUT2D eigenvalue weighted by molar-refractivity contribution is 0.171. The maximum Gasteiger partial charge on any atom is 0.222 e. The van der Waals surface area contributed by atoms with Gasteiger partial charge in [-0.25, -0.2) is 0 Å². The van der Waals surface area contributed by atoms with Crippen LogP contribution in [-0.4, -0.2) is 18.4 Å². The molecule has 2 N–H and O–H groups in total. The minimum atomic E-state index is 0.354. The lowest BCUT2D eigenvalue weighted by Crippen LogP contribution is -2.15. The Morgan fingerprint density at radius 1 is 1.06 bits per heavy atom. The van der Waals surface area contributed by atoms with E-state index in [-0.39, 0.29) is 0 Å². The number of anilines is 1. The van der Waals surface area contributed by atoms with Gasteiger partial charge in [-0.15, -0.1) is 0 Å². The number of nitrogens with two attached hydrogens (primary N) is 1. The third kappa shape index (κ3) is 2.25. The summed E-state index contributed by atoms with van der Waals surface area (Å²) in [6.45, 7) is 1.22. The molecule has 1 aliphatic heterocycles. The lowest BCUT2D eigenvalue weighted by atomic mass is 10.1. The summed E-state index contributed by atoms with van der Waals surface area (Å²) in [4.78, 5) is 0. The van der Waals surface area contributed by atoms with E-state index in [9.17, 15) is 0 Å². The van der Waals surface area contributed by atoms with Gasteiger partial charge in [-0.3, -0.25) is 0 Å². The summed E-state index contributed by atoms with van der Waals surface area (Å²) < 4.78 is 15.8. The Bertz CT molecular complexity index is 551. The molecule has 0 bridgehead atoms. The molecule has 2 aromatic rings. The molecule has 0 saturated carbocycles. The fourth-order valence-electron chi connectivity index (χ4n) is 1.96. The standard InChI is InChI=1S/C13H14N2O3/c14-13-8-10(15-18-13)3-1-9-2-4-11-12(7-9)17-6-5-16-11/h2,4,7-8H,1,3,5-6,14H2.